The molecule has 1 saturated heterocycles. The normalized spacial score (nSPS) is 14.0. The fraction of sp³-hybridized carbons (Fsp3) is 0.364. The van der Waals surface area contributed by atoms with Crippen LogP contribution in [0.1, 0.15) is 33.6 Å². The summed E-state index contributed by atoms with van der Waals surface area (Å²) in [5, 5.41) is 0. The maximum absolute atomic E-state index is 12.9. The van der Waals surface area contributed by atoms with Crippen LogP contribution in [-0.2, 0) is 14.8 Å². The summed E-state index contributed by atoms with van der Waals surface area (Å²) in [6.07, 6.45) is 1.97. The maximum atomic E-state index is 12.9. The van der Waals surface area contributed by atoms with Crippen LogP contribution in [-0.4, -0.2) is 65.4 Å². The molecule has 166 valence electrons. The van der Waals surface area contributed by atoms with Gasteiger partial charge in [-0.05, 0) is 43.2 Å². The van der Waals surface area contributed by atoms with E-state index < -0.39 is 28.4 Å². The van der Waals surface area contributed by atoms with Crippen LogP contribution in [0, 0.1) is 0 Å². The Labute approximate surface area is 182 Å². The fourth-order valence-electron chi connectivity index (χ4n) is 3.45. The lowest BCUT2D eigenvalue weighted by Crippen LogP contribution is -2.25. The Morgan fingerprint density at radius 3 is 2.35 bits per heavy atom. The molecule has 8 nitrogen and oxygen atoms in total. The zero-order chi connectivity index (χ0) is 22.6. The van der Waals surface area contributed by atoms with Gasteiger partial charge in [0.25, 0.3) is 0 Å². The summed E-state index contributed by atoms with van der Waals surface area (Å²) in [5.41, 5.74) is 1.03. The monoisotopic (exact) mass is 446 g/mol. The number of ether oxygens (including phenoxy) is 2. The summed E-state index contributed by atoms with van der Waals surface area (Å²) >= 11 is 0. The molecule has 1 fully saturated rings. The van der Waals surface area contributed by atoms with E-state index in [9.17, 15) is 18.0 Å². The standard InChI is InChI=1S/C22H26N2O6S/c1-23(2)31(27,28)16-10-11-19(24-12-6-7-13-24)18(14-16)22(26)30-15-20(25)17-8-4-5-9-21(17)29-3/h4-5,8-11,14H,6-7,12-13,15H2,1-3H3. The minimum Gasteiger partial charge on any atom is -0.496 e. The summed E-state index contributed by atoms with van der Waals surface area (Å²) in [7, 11) is 0.571. The number of carbonyl (C=O) groups is 2. The van der Waals surface area contributed by atoms with Gasteiger partial charge >= 0.3 is 5.97 Å². The third kappa shape index (κ3) is 4.88. The molecule has 0 N–H and O–H groups in total. The fourth-order valence-corrected chi connectivity index (χ4v) is 4.37. The second-order valence-corrected chi connectivity index (χ2v) is 9.51. The molecule has 0 spiro atoms. The number of nitrogens with zero attached hydrogens (tertiary/aromatic N) is 2. The molecule has 0 aromatic heterocycles. The van der Waals surface area contributed by atoms with E-state index in [0.29, 0.717) is 17.0 Å². The van der Waals surface area contributed by atoms with E-state index in [0.717, 1.165) is 30.2 Å². The van der Waals surface area contributed by atoms with Gasteiger partial charge in [0.1, 0.15) is 5.75 Å². The summed E-state index contributed by atoms with van der Waals surface area (Å²) in [5.74, 6) is -0.771. The molecular formula is C22H26N2O6S. The van der Waals surface area contributed by atoms with Crippen molar-refractivity contribution in [3.05, 3.63) is 53.6 Å². The highest BCUT2D eigenvalue weighted by molar-refractivity contribution is 7.89. The number of ketones is 1. The molecule has 0 radical (unpaired) electrons. The number of hydrogen-bond acceptors (Lipinski definition) is 7. The number of methoxy groups -OCH3 is 1. The zero-order valence-corrected chi connectivity index (χ0v) is 18.6. The molecule has 2 aromatic rings. The largest absolute Gasteiger partial charge is 0.496 e. The average molecular weight is 447 g/mol. The first-order chi connectivity index (χ1) is 14.8. The highest BCUT2D eigenvalue weighted by Gasteiger charge is 2.26. The summed E-state index contributed by atoms with van der Waals surface area (Å²) in [4.78, 5) is 27.5. The lowest BCUT2D eigenvalue weighted by atomic mass is 10.1. The molecule has 1 aliphatic heterocycles. The molecule has 3 rings (SSSR count). The maximum Gasteiger partial charge on any atom is 0.340 e. The van der Waals surface area contributed by atoms with E-state index in [1.54, 1.807) is 30.3 Å². The Morgan fingerprint density at radius 1 is 1.03 bits per heavy atom. The zero-order valence-electron chi connectivity index (χ0n) is 17.8. The van der Waals surface area contributed by atoms with Gasteiger partial charge in [0.2, 0.25) is 15.8 Å². The Kier molecular flexibility index (Phi) is 6.97. The van der Waals surface area contributed by atoms with Crippen molar-refractivity contribution in [2.24, 2.45) is 0 Å². The van der Waals surface area contributed by atoms with Gasteiger partial charge in [-0.1, -0.05) is 12.1 Å². The topological polar surface area (TPSA) is 93.2 Å². The molecule has 1 heterocycles. The number of hydrogen-bond donors (Lipinski definition) is 0. The summed E-state index contributed by atoms with van der Waals surface area (Å²) in [6.45, 7) is 1.05. The number of Topliss-reactive ketones (excluding diaryl/α,β-unsaturated/α-hetero) is 1. The Morgan fingerprint density at radius 2 is 1.71 bits per heavy atom. The molecule has 0 aliphatic carbocycles. The van der Waals surface area contributed by atoms with Gasteiger partial charge in [-0.2, -0.15) is 0 Å². The quantitative estimate of drug-likeness (QED) is 0.454. The van der Waals surface area contributed by atoms with Gasteiger partial charge in [0, 0.05) is 27.2 Å². The molecule has 2 aromatic carbocycles. The van der Waals surface area contributed by atoms with Gasteiger partial charge in [0.15, 0.2) is 6.61 Å². The predicted octanol–water partition coefficient (Wildman–Crippen LogP) is 2.59. The molecule has 0 saturated carbocycles. The van der Waals surface area contributed by atoms with E-state index in [-0.39, 0.29) is 10.5 Å². The van der Waals surface area contributed by atoms with Crippen molar-refractivity contribution in [1.29, 1.82) is 0 Å². The predicted molar refractivity (Wildman–Crippen MR) is 116 cm³/mol. The highest BCUT2D eigenvalue weighted by Crippen LogP contribution is 2.29. The molecular weight excluding hydrogens is 420 g/mol. The number of anilines is 1. The van der Waals surface area contributed by atoms with Gasteiger partial charge < -0.3 is 14.4 Å². The van der Waals surface area contributed by atoms with E-state index in [1.165, 1.54) is 33.3 Å². The second kappa shape index (κ2) is 9.49. The van der Waals surface area contributed by atoms with E-state index in [1.807, 2.05) is 4.90 Å². The third-order valence-corrected chi connectivity index (χ3v) is 6.97. The van der Waals surface area contributed by atoms with Crippen LogP contribution < -0.4 is 9.64 Å². The smallest absolute Gasteiger partial charge is 0.340 e. The highest BCUT2D eigenvalue weighted by atomic mass is 32.2. The number of rotatable bonds is 8. The summed E-state index contributed by atoms with van der Waals surface area (Å²) in [6, 6.07) is 11.1. The molecule has 9 heteroatoms. The molecule has 0 atom stereocenters. The lowest BCUT2D eigenvalue weighted by molar-refractivity contribution is 0.0474. The molecule has 0 bridgehead atoms. The van der Waals surface area contributed by atoms with Gasteiger partial charge in [-0.3, -0.25) is 4.79 Å². The minimum absolute atomic E-state index is 0.0107. The van der Waals surface area contributed by atoms with Gasteiger partial charge in [-0.25, -0.2) is 17.5 Å². The van der Waals surface area contributed by atoms with Crippen LogP contribution in [0.25, 0.3) is 0 Å². The number of para-hydroxylation sites is 1. The van der Waals surface area contributed by atoms with E-state index in [2.05, 4.69) is 0 Å². The lowest BCUT2D eigenvalue weighted by Gasteiger charge is -2.22. The van der Waals surface area contributed by atoms with Crippen molar-refractivity contribution in [2.75, 3.05) is 45.8 Å². The van der Waals surface area contributed by atoms with Gasteiger partial charge in [0.05, 0.1) is 28.8 Å². The van der Waals surface area contributed by atoms with Crippen molar-refractivity contribution in [2.45, 2.75) is 17.7 Å². The van der Waals surface area contributed by atoms with Crippen LogP contribution >= 0.6 is 0 Å². The van der Waals surface area contributed by atoms with E-state index in [4.69, 9.17) is 9.47 Å². The Hall–Kier alpha value is -2.91. The van der Waals surface area contributed by atoms with Crippen molar-refractivity contribution in [3.63, 3.8) is 0 Å². The number of esters is 1. The first kappa shape index (κ1) is 22.8. The first-order valence-electron chi connectivity index (χ1n) is 9.90. The second-order valence-electron chi connectivity index (χ2n) is 7.36. The molecule has 31 heavy (non-hydrogen) atoms. The average Bonchev–Trinajstić information content (AvgIpc) is 3.31. The van der Waals surface area contributed by atoms with Crippen molar-refractivity contribution in [3.8, 4) is 5.75 Å². The number of carbonyl (C=O) groups excluding carboxylic acids is 2. The van der Waals surface area contributed by atoms with E-state index >= 15 is 0 Å². The van der Waals surface area contributed by atoms with Crippen LogP contribution in [0.5, 0.6) is 5.75 Å². The Balaban J connectivity index is 1.88. The molecule has 0 amide bonds. The molecule has 1 aliphatic rings. The van der Waals surface area contributed by atoms with Crippen molar-refractivity contribution < 1.29 is 27.5 Å². The van der Waals surface area contributed by atoms with Gasteiger partial charge in [-0.15, -0.1) is 0 Å². The Bertz CT molecular complexity index is 1080. The minimum atomic E-state index is -3.73. The van der Waals surface area contributed by atoms with Crippen molar-refractivity contribution in [1.82, 2.24) is 4.31 Å². The van der Waals surface area contributed by atoms with Crippen molar-refractivity contribution >= 4 is 27.5 Å². The van der Waals surface area contributed by atoms with Crippen LogP contribution in [0.15, 0.2) is 47.4 Å². The number of sulfonamides is 1. The molecule has 0 unspecified atom stereocenters. The first-order valence-corrected chi connectivity index (χ1v) is 11.3. The van der Waals surface area contributed by atoms with Crippen LogP contribution in [0.3, 0.4) is 0 Å². The van der Waals surface area contributed by atoms with Crippen LogP contribution in [0.4, 0.5) is 5.69 Å². The SMILES string of the molecule is COc1ccccc1C(=O)COC(=O)c1cc(S(=O)(=O)N(C)C)ccc1N1CCCC1. The third-order valence-electron chi connectivity index (χ3n) is 5.15. The van der Waals surface area contributed by atoms with Crippen LogP contribution in [0.2, 0.25) is 0 Å². The number of benzene rings is 2. The summed E-state index contributed by atoms with van der Waals surface area (Å²) < 4.78 is 36.7.